The number of rotatable bonds is 12. The van der Waals surface area contributed by atoms with Gasteiger partial charge in [0.2, 0.25) is 21.8 Å². The SMILES string of the molecule is COC[C@@H](C)Oc1cc(C(=O)Nc2ccc(CC(=O)OC)cn2)cc(Oc2ccc(S(=O)(=O)N(C)C)cc2)n1. The van der Waals surface area contributed by atoms with E-state index in [-0.39, 0.29) is 47.2 Å². The summed E-state index contributed by atoms with van der Waals surface area (Å²) in [4.78, 5) is 33.1. The Kier molecular flexibility index (Phi) is 9.93. The van der Waals surface area contributed by atoms with Gasteiger partial charge in [-0.2, -0.15) is 4.98 Å². The Balaban J connectivity index is 1.84. The molecule has 0 fully saturated rings. The number of ether oxygens (including phenoxy) is 4. The summed E-state index contributed by atoms with van der Waals surface area (Å²) in [7, 11) is 2.12. The van der Waals surface area contributed by atoms with E-state index in [9.17, 15) is 18.0 Å². The second-order valence-electron chi connectivity index (χ2n) is 8.54. The number of hydrogen-bond donors (Lipinski definition) is 1. The van der Waals surface area contributed by atoms with E-state index in [1.165, 1.54) is 70.9 Å². The first-order valence-electron chi connectivity index (χ1n) is 11.7. The molecule has 2 aromatic heterocycles. The van der Waals surface area contributed by atoms with E-state index in [2.05, 4.69) is 20.0 Å². The number of carbonyl (C=O) groups is 2. The van der Waals surface area contributed by atoms with Crippen LogP contribution in [0.4, 0.5) is 5.82 Å². The van der Waals surface area contributed by atoms with Crippen molar-refractivity contribution < 1.29 is 37.0 Å². The fraction of sp³-hybridized carbons (Fsp3) is 0.308. The average Bonchev–Trinajstić information content (AvgIpc) is 2.90. The molecular weight excluding hydrogens is 528 g/mol. The predicted molar refractivity (Wildman–Crippen MR) is 142 cm³/mol. The van der Waals surface area contributed by atoms with Crippen molar-refractivity contribution in [2.45, 2.75) is 24.3 Å². The summed E-state index contributed by atoms with van der Waals surface area (Å²) in [5.41, 5.74) is 0.804. The monoisotopic (exact) mass is 558 g/mol. The lowest BCUT2D eigenvalue weighted by molar-refractivity contribution is -0.139. The normalized spacial score (nSPS) is 12.1. The molecule has 208 valence electrons. The molecule has 0 unspecified atom stereocenters. The van der Waals surface area contributed by atoms with Gasteiger partial charge < -0.3 is 24.3 Å². The van der Waals surface area contributed by atoms with Gasteiger partial charge in [0.1, 0.15) is 17.7 Å². The Morgan fingerprint density at radius 3 is 2.31 bits per heavy atom. The maximum Gasteiger partial charge on any atom is 0.310 e. The van der Waals surface area contributed by atoms with E-state index in [0.717, 1.165) is 4.31 Å². The highest BCUT2D eigenvalue weighted by molar-refractivity contribution is 7.89. The lowest BCUT2D eigenvalue weighted by atomic mass is 10.2. The maximum atomic E-state index is 13.1. The second kappa shape index (κ2) is 13.1. The Morgan fingerprint density at radius 2 is 1.72 bits per heavy atom. The molecule has 13 heteroatoms. The Bertz CT molecular complexity index is 1390. The third-order valence-corrected chi connectivity index (χ3v) is 7.06. The van der Waals surface area contributed by atoms with Crippen molar-refractivity contribution in [2.24, 2.45) is 0 Å². The van der Waals surface area contributed by atoms with Crippen LogP contribution in [0.2, 0.25) is 0 Å². The predicted octanol–water partition coefficient (Wildman–Crippen LogP) is 2.90. The number of anilines is 1. The molecule has 0 bridgehead atoms. The molecule has 0 spiro atoms. The van der Waals surface area contributed by atoms with Crippen LogP contribution < -0.4 is 14.8 Å². The first-order valence-corrected chi connectivity index (χ1v) is 13.2. The van der Waals surface area contributed by atoms with Crippen molar-refractivity contribution in [2.75, 3.05) is 40.2 Å². The molecule has 1 atom stereocenters. The molecule has 0 aliphatic rings. The molecule has 1 aromatic carbocycles. The summed E-state index contributed by atoms with van der Waals surface area (Å²) >= 11 is 0. The van der Waals surface area contributed by atoms with Crippen LogP contribution in [0.5, 0.6) is 17.5 Å². The average molecular weight is 559 g/mol. The molecule has 12 nitrogen and oxygen atoms in total. The molecule has 0 aliphatic heterocycles. The van der Waals surface area contributed by atoms with Gasteiger partial charge in [-0.3, -0.25) is 9.59 Å². The summed E-state index contributed by atoms with van der Waals surface area (Å²) in [6.45, 7) is 2.07. The zero-order valence-electron chi connectivity index (χ0n) is 22.2. The number of sulfonamides is 1. The fourth-order valence-electron chi connectivity index (χ4n) is 3.24. The van der Waals surface area contributed by atoms with Crippen LogP contribution in [0.3, 0.4) is 0 Å². The van der Waals surface area contributed by atoms with Crippen LogP contribution in [0.15, 0.2) is 59.6 Å². The number of hydrogen-bond acceptors (Lipinski definition) is 10. The van der Waals surface area contributed by atoms with Crippen molar-refractivity contribution in [3.63, 3.8) is 0 Å². The van der Waals surface area contributed by atoms with Gasteiger partial charge in [0.05, 0.1) is 30.6 Å². The number of nitrogens with one attached hydrogen (secondary N) is 1. The van der Waals surface area contributed by atoms with Gasteiger partial charge in [0.25, 0.3) is 5.91 Å². The van der Waals surface area contributed by atoms with Crippen LogP contribution >= 0.6 is 0 Å². The molecule has 39 heavy (non-hydrogen) atoms. The van der Waals surface area contributed by atoms with Crippen molar-refractivity contribution in [3.05, 3.63) is 65.9 Å². The van der Waals surface area contributed by atoms with Crippen molar-refractivity contribution in [1.29, 1.82) is 0 Å². The third kappa shape index (κ3) is 8.21. The van der Waals surface area contributed by atoms with E-state index in [1.54, 1.807) is 19.1 Å². The highest BCUT2D eigenvalue weighted by Crippen LogP contribution is 2.26. The van der Waals surface area contributed by atoms with Gasteiger partial charge in [0, 0.05) is 39.5 Å². The zero-order chi connectivity index (χ0) is 28.6. The Morgan fingerprint density at radius 1 is 1.03 bits per heavy atom. The summed E-state index contributed by atoms with van der Waals surface area (Å²) < 4.78 is 47.1. The van der Waals surface area contributed by atoms with Crippen LogP contribution in [-0.4, -0.2) is 75.6 Å². The van der Waals surface area contributed by atoms with E-state index in [0.29, 0.717) is 11.3 Å². The lowest BCUT2D eigenvalue weighted by Gasteiger charge is -2.15. The molecule has 1 N–H and O–H groups in total. The molecule has 1 amide bonds. The number of methoxy groups -OCH3 is 2. The summed E-state index contributed by atoms with van der Waals surface area (Å²) in [6, 6.07) is 11.9. The van der Waals surface area contributed by atoms with Gasteiger partial charge >= 0.3 is 5.97 Å². The first-order chi connectivity index (χ1) is 18.5. The molecule has 0 saturated carbocycles. The van der Waals surface area contributed by atoms with Crippen LogP contribution in [0.1, 0.15) is 22.8 Å². The number of benzene rings is 1. The number of nitrogens with zero attached hydrogens (tertiary/aromatic N) is 3. The molecular formula is C26H30N4O8S. The first kappa shape index (κ1) is 29.5. The molecule has 0 saturated heterocycles. The van der Waals surface area contributed by atoms with Gasteiger partial charge in [0.15, 0.2) is 0 Å². The number of carbonyl (C=O) groups excluding carboxylic acids is 2. The Hall–Kier alpha value is -4.07. The van der Waals surface area contributed by atoms with Crippen LogP contribution in [-0.2, 0) is 30.7 Å². The van der Waals surface area contributed by atoms with Crippen molar-refractivity contribution >= 4 is 27.7 Å². The highest BCUT2D eigenvalue weighted by Gasteiger charge is 2.18. The zero-order valence-corrected chi connectivity index (χ0v) is 23.0. The van der Waals surface area contributed by atoms with Crippen LogP contribution in [0, 0.1) is 0 Å². The van der Waals surface area contributed by atoms with E-state index >= 15 is 0 Å². The number of esters is 1. The highest BCUT2D eigenvalue weighted by atomic mass is 32.2. The minimum Gasteiger partial charge on any atom is -0.472 e. The molecule has 3 aromatic rings. The van der Waals surface area contributed by atoms with Crippen LogP contribution in [0.25, 0.3) is 0 Å². The largest absolute Gasteiger partial charge is 0.472 e. The van der Waals surface area contributed by atoms with Crippen molar-refractivity contribution in [1.82, 2.24) is 14.3 Å². The number of amides is 1. The summed E-state index contributed by atoms with van der Waals surface area (Å²) in [5.74, 6) is -0.172. The molecule has 0 radical (unpaired) electrons. The third-order valence-electron chi connectivity index (χ3n) is 5.23. The van der Waals surface area contributed by atoms with E-state index < -0.39 is 21.9 Å². The minimum absolute atomic E-state index is 0.0480. The molecule has 3 rings (SSSR count). The lowest BCUT2D eigenvalue weighted by Crippen LogP contribution is -2.22. The van der Waals surface area contributed by atoms with Gasteiger partial charge in [-0.25, -0.2) is 17.7 Å². The second-order valence-corrected chi connectivity index (χ2v) is 10.7. The quantitative estimate of drug-likeness (QED) is 0.329. The maximum absolute atomic E-state index is 13.1. The number of pyridine rings is 2. The van der Waals surface area contributed by atoms with Gasteiger partial charge in [-0.05, 0) is 42.8 Å². The fourth-order valence-corrected chi connectivity index (χ4v) is 4.14. The Labute approximate surface area is 226 Å². The molecule has 0 aliphatic carbocycles. The minimum atomic E-state index is -3.60. The van der Waals surface area contributed by atoms with E-state index in [4.69, 9.17) is 14.2 Å². The van der Waals surface area contributed by atoms with Crippen molar-refractivity contribution in [3.8, 4) is 17.5 Å². The number of aromatic nitrogens is 2. The van der Waals surface area contributed by atoms with Gasteiger partial charge in [-0.1, -0.05) is 6.07 Å². The summed E-state index contributed by atoms with van der Waals surface area (Å²) in [5, 5.41) is 2.68. The topological polar surface area (TPSA) is 146 Å². The summed E-state index contributed by atoms with van der Waals surface area (Å²) in [6.07, 6.45) is 1.16. The molecule has 2 heterocycles. The van der Waals surface area contributed by atoms with Gasteiger partial charge in [-0.15, -0.1) is 0 Å². The standard InChI is InChI=1S/C26H30N4O8S/c1-17(16-35-4)37-23-13-19(26(32)28-22-11-6-18(15-27-22)12-25(31)36-5)14-24(29-23)38-20-7-9-21(10-8-20)39(33,34)30(2)3/h6-11,13-15,17H,12,16H2,1-5H3,(H,27,28,32)/t17-/m1/s1. The smallest absolute Gasteiger partial charge is 0.310 e. The van der Waals surface area contributed by atoms with E-state index in [1.807, 2.05) is 0 Å².